The van der Waals surface area contributed by atoms with Crippen LogP contribution >= 0.6 is 23.2 Å². The maximum atomic E-state index is 12.0. The lowest BCUT2D eigenvalue weighted by Crippen LogP contribution is -2.28. The molecule has 1 atom stereocenters. The Balaban J connectivity index is 1.86. The molecule has 4 heteroatoms. The van der Waals surface area contributed by atoms with E-state index in [4.69, 9.17) is 23.2 Å². The molecule has 2 rings (SSSR count). The maximum Gasteiger partial charge on any atom is 0.224 e. The van der Waals surface area contributed by atoms with Gasteiger partial charge >= 0.3 is 0 Å². The van der Waals surface area contributed by atoms with Crippen LogP contribution in [0.5, 0.6) is 0 Å². The molecule has 0 heterocycles. The van der Waals surface area contributed by atoms with Crippen molar-refractivity contribution in [1.29, 1.82) is 0 Å². The minimum Gasteiger partial charge on any atom is -0.355 e. The second-order valence-electron chi connectivity index (χ2n) is 5.04. The Labute approximate surface area is 135 Å². The maximum absolute atomic E-state index is 12.0. The quantitative estimate of drug-likeness (QED) is 0.865. The molecule has 0 aliphatic rings. The first-order valence-electron chi connectivity index (χ1n) is 6.82. The normalized spacial score (nSPS) is 12.0. The number of rotatable bonds is 5. The summed E-state index contributed by atoms with van der Waals surface area (Å²) in [5.41, 5.74) is 2.07. The summed E-state index contributed by atoms with van der Waals surface area (Å²) in [6, 6.07) is 15.4. The van der Waals surface area contributed by atoms with Gasteiger partial charge in [0, 0.05) is 6.54 Å². The summed E-state index contributed by atoms with van der Waals surface area (Å²) < 4.78 is 0. The summed E-state index contributed by atoms with van der Waals surface area (Å²) in [6.45, 7) is 2.71. The van der Waals surface area contributed by atoms with Crippen molar-refractivity contribution < 1.29 is 4.79 Å². The Hall–Kier alpha value is -1.51. The minimum absolute atomic E-state index is 0.0174. The van der Waals surface area contributed by atoms with E-state index in [-0.39, 0.29) is 11.8 Å². The number of hydrogen-bond acceptors (Lipinski definition) is 1. The van der Waals surface area contributed by atoms with Gasteiger partial charge in [-0.2, -0.15) is 0 Å². The Kier molecular flexibility index (Phi) is 5.66. The molecule has 2 nitrogen and oxygen atoms in total. The van der Waals surface area contributed by atoms with Crippen molar-refractivity contribution in [3.05, 3.63) is 69.7 Å². The molecule has 1 N–H and O–H groups in total. The van der Waals surface area contributed by atoms with Crippen LogP contribution in [0.2, 0.25) is 10.0 Å². The van der Waals surface area contributed by atoms with Crippen molar-refractivity contribution in [3.8, 4) is 0 Å². The lowest BCUT2D eigenvalue weighted by atomic mass is 10.0. The molecule has 0 saturated heterocycles. The molecule has 0 aliphatic heterocycles. The fourth-order valence-electron chi connectivity index (χ4n) is 2.06. The van der Waals surface area contributed by atoms with Gasteiger partial charge in [-0.1, -0.05) is 66.5 Å². The fourth-order valence-corrected chi connectivity index (χ4v) is 2.38. The Morgan fingerprint density at radius 1 is 1.10 bits per heavy atom. The number of amides is 1. The molecule has 0 bridgehead atoms. The SMILES string of the molecule is CC(CNC(=O)Cc1ccc(Cl)c(Cl)c1)c1ccccc1. The molecule has 0 saturated carbocycles. The van der Waals surface area contributed by atoms with Crippen LogP contribution in [0.25, 0.3) is 0 Å². The molecule has 0 spiro atoms. The second-order valence-corrected chi connectivity index (χ2v) is 5.86. The van der Waals surface area contributed by atoms with Gasteiger partial charge in [0.1, 0.15) is 0 Å². The monoisotopic (exact) mass is 321 g/mol. The zero-order chi connectivity index (χ0) is 15.2. The molecule has 1 unspecified atom stereocenters. The summed E-state index contributed by atoms with van der Waals surface area (Å²) in [5, 5.41) is 3.92. The van der Waals surface area contributed by atoms with Gasteiger partial charge in [-0.05, 0) is 29.2 Å². The average Bonchev–Trinajstić information content (AvgIpc) is 2.49. The molecule has 0 aliphatic carbocycles. The van der Waals surface area contributed by atoms with Crippen molar-refractivity contribution in [3.63, 3.8) is 0 Å². The smallest absolute Gasteiger partial charge is 0.224 e. The van der Waals surface area contributed by atoms with Crippen molar-refractivity contribution in [2.75, 3.05) is 6.54 Å². The number of hydrogen-bond donors (Lipinski definition) is 1. The molecular weight excluding hydrogens is 305 g/mol. The third-order valence-electron chi connectivity index (χ3n) is 3.32. The first-order chi connectivity index (χ1) is 10.1. The van der Waals surface area contributed by atoms with E-state index in [2.05, 4.69) is 24.4 Å². The topological polar surface area (TPSA) is 29.1 Å². The predicted molar refractivity (Wildman–Crippen MR) is 88.0 cm³/mol. The highest BCUT2D eigenvalue weighted by Gasteiger charge is 2.09. The lowest BCUT2D eigenvalue weighted by molar-refractivity contribution is -0.120. The van der Waals surface area contributed by atoms with E-state index >= 15 is 0 Å². The van der Waals surface area contributed by atoms with E-state index in [0.717, 1.165) is 5.56 Å². The lowest BCUT2D eigenvalue weighted by Gasteiger charge is -2.13. The minimum atomic E-state index is -0.0174. The first-order valence-corrected chi connectivity index (χ1v) is 7.57. The van der Waals surface area contributed by atoms with E-state index in [1.54, 1.807) is 12.1 Å². The van der Waals surface area contributed by atoms with Crippen molar-refractivity contribution in [2.24, 2.45) is 0 Å². The van der Waals surface area contributed by atoms with Crippen LogP contribution in [-0.2, 0) is 11.2 Å². The highest BCUT2D eigenvalue weighted by atomic mass is 35.5. The van der Waals surface area contributed by atoms with E-state index < -0.39 is 0 Å². The van der Waals surface area contributed by atoms with Gasteiger partial charge in [0.25, 0.3) is 0 Å². The van der Waals surface area contributed by atoms with Crippen LogP contribution in [0.4, 0.5) is 0 Å². The van der Waals surface area contributed by atoms with Gasteiger partial charge in [-0.3, -0.25) is 4.79 Å². The Morgan fingerprint density at radius 3 is 2.48 bits per heavy atom. The highest BCUT2D eigenvalue weighted by Crippen LogP contribution is 2.22. The molecule has 0 fully saturated rings. The van der Waals surface area contributed by atoms with E-state index in [0.29, 0.717) is 23.0 Å². The van der Waals surface area contributed by atoms with Crippen molar-refractivity contribution >= 4 is 29.1 Å². The molecule has 0 aromatic heterocycles. The second kappa shape index (κ2) is 7.48. The zero-order valence-corrected chi connectivity index (χ0v) is 13.3. The Morgan fingerprint density at radius 2 is 1.81 bits per heavy atom. The van der Waals surface area contributed by atoms with Gasteiger partial charge in [-0.15, -0.1) is 0 Å². The predicted octanol–water partition coefficient (Wildman–Crippen LogP) is 4.46. The molecule has 2 aromatic rings. The first kappa shape index (κ1) is 15.9. The Bertz CT molecular complexity index is 613. The third-order valence-corrected chi connectivity index (χ3v) is 4.06. The average molecular weight is 322 g/mol. The van der Waals surface area contributed by atoms with Crippen molar-refractivity contribution in [1.82, 2.24) is 5.32 Å². The molecule has 0 radical (unpaired) electrons. The third kappa shape index (κ3) is 4.76. The molecule has 1 amide bonds. The van der Waals surface area contributed by atoms with Crippen LogP contribution in [0.3, 0.4) is 0 Å². The number of nitrogens with one attached hydrogen (secondary N) is 1. The number of benzene rings is 2. The van der Waals surface area contributed by atoms with Crippen molar-refractivity contribution in [2.45, 2.75) is 19.3 Å². The van der Waals surface area contributed by atoms with Gasteiger partial charge < -0.3 is 5.32 Å². The van der Waals surface area contributed by atoms with Crippen LogP contribution < -0.4 is 5.32 Å². The van der Waals surface area contributed by atoms with E-state index in [1.807, 2.05) is 24.3 Å². The summed E-state index contributed by atoms with van der Waals surface area (Å²) in [7, 11) is 0. The molecule has 110 valence electrons. The molecular formula is C17H17Cl2NO. The zero-order valence-electron chi connectivity index (χ0n) is 11.8. The van der Waals surface area contributed by atoms with Gasteiger partial charge in [0.15, 0.2) is 0 Å². The number of carbonyl (C=O) groups excluding carboxylic acids is 1. The van der Waals surface area contributed by atoms with Crippen LogP contribution in [0.15, 0.2) is 48.5 Å². The van der Waals surface area contributed by atoms with Gasteiger partial charge in [-0.25, -0.2) is 0 Å². The van der Waals surface area contributed by atoms with Gasteiger partial charge in [0.2, 0.25) is 5.91 Å². The van der Waals surface area contributed by atoms with Gasteiger partial charge in [0.05, 0.1) is 16.5 Å². The summed E-state index contributed by atoms with van der Waals surface area (Å²) in [5.74, 6) is 0.264. The van der Waals surface area contributed by atoms with Crippen LogP contribution in [-0.4, -0.2) is 12.5 Å². The van der Waals surface area contributed by atoms with E-state index in [1.165, 1.54) is 5.56 Å². The summed E-state index contributed by atoms with van der Waals surface area (Å²) >= 11 is 11.8. The van der Waals surface area contributed by atoms with Crippen LogP contribution in [0, 0.1) is 0 Å². The molecule has 21 heavy (non-hydrogen) atoms. The molecule has 2 aromatic carbocycles. The summed E-state index contributed by atoms with van der Waals surface area (Å²) in [6.07, 6.45) is 0.304. The largest absolute Gasteiger partial charge is 0.355 e. The number of halogens is 2. The summed E-state index contributed by atoms with van der Waals surface area (Å²) in [4.78, 5) is 12.0. The van der Waals surface area contributed by atoms with Crippen LogP contribution in [0.1, 0.15) is 24.0 Å². The number of carbonyl (C=O) groups is 1. The fraction of sp³-hybridized carbons (Fsp3) is 0.235. The van der Waals surface area contributed by atoms with E-state index in [9.17, 15) is 4.79 Å². The standard InChI is InChI=1S/C17H17Cl2NO/c1-12(14-5-3-2-4-6-14)11-20-17(21)10-13-7-8-15(18)16(19)9-13/h2-9,12H,10-11H2,1H3,(H,20,21). The highest BCUT2D eigenvalue weighted by molar-refractivity contribution is 6.42.